The van der Waals surface area contributed by atoms with Gasteiger partial charge in [-0.15, -0.1) is 0 Å². The molecule has 106 valence electrons. The van der Waals surface area contributed by atoms with Crippen LogP contribution in [-0.2, 0) is 0 Å². The van der Waals surface area contributed by atoms with Gasteiger partial charge in [-0.3, -0.25) is 4.90 Å². The van der Waals surface area contributed by atoms with Crippen LogP contribution >= 0.6 is 0 Å². The first kappa shape index (κ1) is 14.3. The minimum Gasteiger partial charge on any atom is -0.395 e. The standard InChI is InChI=1S/C15H30N2O/c1-12-6-7-13(11-16)15(10-12)17(8-9-18)14-4-2-3-5-14/h12-15,18H,2-11,16H2,1H3. The summed E-state index contributed by atoms with van der Waals surface area (Å²) in [6, 6.07) is 1.33. The van der Waals surface area contributed by atoms with Gasteiger partial charge in [0.05, 0.1) is 6.61 Å². The maximum Gasteiger partial charge on any atom is 0.0558 e. The summed E-state index contributed by atoms with van der Waals surface area (Å²) in [6.07, 6.45) is 9.25. The zero-order chi connectivity index (χ0) is 13.0. The van der Waals surface area contributed by atoms with Crippen molar-refractivity contribution >= 4 is 0 Å². The molecular formula is C15H30N2O. The number of rotatable bonds is 5. The molecule has 3 N–H and O–H groups in total. The normalized spacial score (nSPS) is 34.3. The molecule has 0 saturated heterocycles. The second-order valence-corrected chi connectivity index (χ2v) is 6.38. The zero-order valence-corrected chi connectivity index (χ0v) is 11.9. The summed E-state index contributed by atoms with van der Waals surface area (Å²) in [7, 11) is 0. The van der Waals surface area contributed by atoms with Crippen molar-refractivity contribution in [1.82, 2.24) is 4.90 Å². The van der Waals surface area contributed by atoms with E-state index in [2.05, 4.69) is 11.8 Å². The molecule has 0 aromatic rings. The molecule has 3 heteroatoms. The molecule has 0 aliphatic heterocycles. The molecule has 0 spiro atoms. The van der Waals surface area contributed by atoms with Gasteiger partial charge in [0.1, 0.15) is 0 Å². The molecule has 3 unspecified atom stereocenters. The molecule has 2 saturated carbocycles. The molecule has 0 bridgehead atoms. The number of hydrogen-bond donors (Lipinski definition) is 2. The van der Waals surface area contributed by atoms with Crippen LogP contribution in [0.15, 0.2) is 0 Å². The number of nitrogens with two attached hydrogens (primary N) is 1. The highest BCUT2D eigenvalue weighted by Crippen LogP contribution is 2.35. The molecule has 0 heterocycles. The van der Waals surface area contributed by atoms with Crippen LogP contribution in [0.5, 0.6) is 0 Å². The summed E-state index contributed by atoms with van der Waals surface area (Å²) < 4.78 is 0. The Bertz CT molecular complexity index is 239. The van der Waals surface area contributed by atoms with Crippen LogP contribution in [-0.4, -0.2) is 41.8 Å². The van der Waals surface area contributed by atoms with Crippen LogP contribution < -0.4 is 5.73 Å². The summed E-state index contributed by atoms with van der Waals surface area (Å²) in [5.41, 5.74) is 5.98. The zero-order valence-electron chi connectivity index (χ0n) is 11.9. The Morgan fingerprint density at radius 1 is 1.17 bits per heavy atom. The van der Waals surface area contributed by atoms with Crippen molar-refractivity contribution in [2.24, 2.45) is 17.6 Å². The van der Waals surface area contributed by atoms with Crippen molar-refractivity contribution in [3.8, 4) is 0 Å². The van der Waals surface area contributed by atoms with E-state index in [1.54, 1.807) is 0 Å². The van der Waals surface area contributed by atoms with Crippen molar-refractivity contribution in [3.63, 3.8) is 0 Å². The average Bonchev–Trinajstić information content (AvgIpc) is 2.89. The topological polar surface area (TPSA) is 49.5 Å². The molecule has 2 aliphatic rings. The Hall–Kier alpha value is -0.120. The smallest absolute Gasteiger partial charge is 0.0558 e. The van der Waals surface area contributed by atoms with Gasteiger partial charge in [-0.2, -0.15) is 0 Å². The highest BCUT2D eigenvalue weighted by molar-refractivity contribution is 4.90. The Kier molecular flexibility index (Phi) is 5.46. The molecule has 2 aliphatic carbocycles. The number of nitrogens with zero attached hydrogens (tertiary/aromatic N) is 1. The lowest BCUT2D eigenvalue weighted by Gasteiger charge is -2.44. The van der Waals surface area contributed by atoms with E-state index < -0.39 is 0 Å². The predicted octanol–water partition coefficient (Wildman–Crippen LogP) is 1.99. The van der Waals surface area contributed by atoms with Crippen LogP contribution in [0, 0.1) is 11.8 Å². The molecule has 0 radical (unpaired) electrons. The maximum atomic E-state index is 9.38. The quantitative estimate of drug-likeness (QED) is 0.789. The van der Waals surface area contributed by atoms with E-state index in [4.69, 9.17) is 5.73 Å². The fourth-order valence-electron chi connectivity index (χ4n) is 4.07. The first-order valence-electron chi connectivity index (χ1n) is 7.83. The van der Waals surface area contributed by atoms with E-state index in [1.807, 2.05) is 0 Å². The first-order valence-corrected chi connectivity index (χ1v) is 7.83. The van der Waals surface area contributed by atoms with Gasteiger partial charge in [0, 0.05) is 18.6 Å². The van der Waals surface area contributed by atoms with E-state index in [9.17, 15) is 5.11 Å². The number of aliphatic hydroxyl groups excluding tert-OH is 1. The summed E-state index contributed by atoms with van der Waals surface area (Å²) in [5.74, 6) is 1.47. The molecule has 0 aromatic carbocycles. The molecule has 0 aromatic heterocycles. The molecule has 2 rings (SSSR count). The average molecular weight is 254 g/mol. The van der Waals surface area contributed by atoms with E-state index in [1.165, 1.54) is 44.9 Å². The van der Waals surface area contributed by atoms with E-state index in [0.29, 0.717) is 24.6 Å². The lowest BCUT2D eigenvalue weighted by Crippen LogP contribution is -2.51. The summed E-state index contributed by atoms with van der Waals surface area (Å²) >= 11 is 0. The number of hydrogen-bond acceptors (Lipinski definition) is 3. The number of aliphatic hydroxyl groups is 1. The van der Waals surface area contributed by atoms with Gasteiger partial charge in [0.2, 0.25) is 0 Å². The predicted molar refractivity (Wildman–Crippen MR) is 75.4 cm³/mol. The molecule has 3 nitrogen and oxygen atoms in total. The fourth-order valence-corrected chi connectivity index (χ4v) is 4.07. The summed E-state index contributed by atoms with van der Waals surface area (Å²) in [5, 5.41) is 9.38. The SMILES string of the molecule is CC1CCC(CN)C(N(CCO)C2CCCC2)C1. The van der Waals surface area contributed by atoms with Gasteiger partial charge in [-0.05, 0) is 44.1 Å². The minimum atomic E-state index is 0.290. The Morgan fingerprint density at radius 3 is 2.50 bits per heavy atom. The van der Waals surface area contributed by atoms with Crippen LogP contribution in [0.4, 0.5) is 0 Å². The highest BCUT2D eigenvalue weighted by atomic mass is 16.3. The molecule has 2 fully saturated rings. The van der Waals surface area contributed by atoms with Gasteiger partial charge in [0.25, 0.3) is 0 Å². The van der Waals surface area contributed by atoms with Crippen LogP contribution in [0.3, 0.4) is 0 Å². The van der Waals surface area contributed by atoms with Crippen molar-refractivity contribution in [3.05, 3.63) is 0 Å². The van der Waals surface area contributed by atoms with Crippen molar-refractivity contribution < 1.29 is 5.11 Å². The van der Waals surface area contributed by atoms with Gasteiger partial charge in [-0.1, -0.05) is 26.2 Å². The van der Waals surface area contributed by atoms with Gasteiger partial charge < -0.3 is 10.8 Å². The first-order chi connectivity index (χ1) is 8.76. The molecule has 18 heavy (non-hydrogen) atoms. The largest absolute Gasteiger partial charge is 0.395 e. The van der Waals surface area contributed by atoms with Gasteiger partial charge in [0.15, 0.2) is 0 Å². The Balaban J connectivity index is 2.05. The summed E-state index contributed by atoms with van der Waals surface area (Å²) in [4.78, 5) is 2.61. The van der Waals surface area contributed by atoms with Crippen molar-refractivity contribution in [1.29, 1.82) is 0 Å². The molecular weight excluding hydrogens is 224 g/mol. The Morgan fingerprint density at radius 2 is 1.89 bits per heavy atom. The van der Waals surface area contributed by atoms with E-state index in [-0.39, 0.29) is 0 Å². The molecule has 3 atom stereocenters. The lowest BCUT2D eigenvalue weighted by atomic mass is 9.77. The molecule has 0 amide bonds. The minimum absolute atomic E-state index is 0.290. The maximum absolute atomic E-state index is 9.38. The monoisotopic (exact) mass is 254 g/mol. The van der Waals surface area contributed by atoms with Gasteiger partial charge in [-0.25, -0.2) is 0 Å². The Labute approximate surface area is 112 Å². The lowest BCUT2D eigenvalue weighted by molar-refractivity contribution is 0.0373. The van der Waals surface area contributed by atoms with Gasteiger partial charge >= 0.3 is 0 Å². The second kappa shape index (κ2) is 6.88. The van der Waals surface area contributed by atoms with Crippen LogP contribution in [0.25, 0.3) is 0 Å². The van der Waals surface area contributed by atoms with Crippen LogP contribution in [0.1, 0.15) is 51.9 Å². The third-order valence-corrected chi connectivity index (χ3v) is 5.10. The third kappa shape index (κ3) is 3.25. The van der Waals surface area contributed by atoms with E-state index >= 15 is 0 Å². The van der Waals surface area contributed by atoms with Crippen molar-refractivity contribution in [2.75, 3.05) is 19.7 Å². The highest BCUT2D eigenvalue weighted by Gasteiger charge is 2.35. The third-order valence-electron chi connectivity index (χ3n) is 5.10. The summed E-state index contributed by atoms with van der Waals surface area (Å²) in [6.45, 7) is 4.31. The van der Waals surface area contributed by atoms with Crippen molar-refractivity contribution in [2.45, 2.75) is 64.0 Å². The van der Waals surface area contributed by atoms with Crippen LogP contribution in [0.2, 0.25) is 0 Å². The second-order valence-electron chi connectivity index (χ2n) is 6.38. The van der Waals surface area contributed by atoms with E-state index in [0.717, 1.165) is 19.0 Å². The fraction of sp³-hybridized carbons (Fsp3) is 1.00.